The summed E-state index contributed by atoms with van der Waals surface area (Å²) in [4.78, 5) is 7.17. The molecule has 1 heterocycles. The van der Waals surface area contributed by atoms with Gasteiger partial charge in [0, 0.05) is 3.57 Å². The Morgan fingerprint density at radius 3 is 3.08 bits per heavy atom. The highest BCUT2D eigenvalue weighted by Crippen LogP contribution is 2.21. The van der Waals surface area contributed by atoms with Crippen molar-refractivity contribution < 1.29 is 5.11 Å². The normalized spacial score (nSPS) is 10.8. The van der Waals surface area contributed by atoms with Gasteiger partial charge in [0.2, 0.25) is 0 Å². The number of rotatable bonds is 1. The van der Waals surface area contributed by atoms with Crippen LogP contribution in [0.2, 0.25) is 0 Å². The van der Waals surface area contributed by atoms with Crippen LogP contribution in [0.3, 0.4) is 0 Å². The minimum Gasteiger partial charge on any atom is -0.392 e. The molecule has 0 radical (unpaired) electrons. The molecule has 3 nitrogen and oxygen atoms in total. The zero-order valence-corrected chi connectivity index (χ0v) is 8.37. The van der Waals surface area contributed by atoms with E-state index in [0.29, 0.717) is 0 Å². The lowest BCUT2D eigenvalue weighted by molar-refractivity contribution is 0.281. The molecule has 0 unspecified atom stereocenters. The minimum atomic E-state index is 0.0705. The number of nitrogens with one attached hydrogen (secondary N) is 1. The molecule has 0 saturated heterocycles. The Morgan fingerprint density at radius 1 is 1.50 bits per heavy atom. The van der Waals surface area contributed by atoms with Crippen molar-refractivity contribution in [2.75, 3.05) is 0 Å². The van der Waals surface area contributed by atoms with Crippen LogP contribution in [0.4, 0.5) is 0 Å². The van der Waals surface area contributed by atoms with Crippen molar-refractivity contribution in [2.24, 2.45) is 0 Å². The van der Waals surface area contributed by atoms with E-state index in [2.05, 4.69) is 32.6 Å². The van der Waals surface area contributed by atoms with Crippen LogP contribution in [-0.2, 0) is 6.61 Å². The lowest BCUT2D eigenvalue weighted by Crippen LogP contribution is -1.88. The standard InChI is InChI=1S/C8H7IN2O/c9-7-5(3-12)1-2-6-8(7)11-4-10-6/h1-2,4,12H,3H2,(H,10,11). The van der Waals surface area contributed by atoms with Gasteiger partial charge >= 0.3 is 0 Å². The third kappa shape index (κ3) is 1.11. The number of H-pyrrole nitrogens is 1. The first-order valence-corrected chi connectivity index (χ1v) is 4.62. The third-order valence-corrected chi connectivity index (χ3v) is 2.98. The second-order valence-electron chi connectivity index (χ2n) is 2.50. The number of hydrogen-bond acceptors (Lipinski definition) is 2. The average molecular weight is 274 g/mol. The molecule has 0 atom stereocenters. The van der Waals surface area contributed by atoms with E-state index in [1.54, 1.807) is 6.33 Å². The first-order chi connectivity index (χ1) is 5.83. The molecule has 0 amide bonds. The zero-order valence-electron chi connectivity index (χ0n) is 6.21. The fourth-order valence-electron chi connectivity index (χ4n) is 1.14. The van der Waals surface area contributed by atoms with Gasteiger partial charge in [0.1, 0.15) is 5.52 Å². The van der Waals surface area contributed by atoms with Crippen molar-refractivity contribution in [3.63, 3.8) is 0 Å². The predicted octanol–water partition coefficient (Wildman–Crippen LogP) is 1.66. The van der Waals surface area contributed by atoms with E-state index in [1.807, 2.05) is 12.1 Å². The zero-order chi connectivity index (χ0) is 8.55. The molecule has 0 spiro atoms. The number of aromatic nitrogens is 2. The highest BCUT2D eigenvalue weighted by molar-refractivity contribution is 14.1. The fraction of sp³-hybridized carbons (Fsp3) is 0.125. The number of hydrogen-bond donors (Lipinski definition) is 2. The first kappa shape index (κ1) is 8.00. The maximum atomic E-state index is 8.97. The smallest absolute Gasteiger partial charge is 0.102 e. The number of nitrogens with zero attached hydrogens (tertiary/aromatic N) is 1. The summed E-state index contributed by atoms with van der Waals surface area (Å²) in [5.74, 6) is 0. The van der Waals surface area contributed by atoms with E-state index in [-0.39, 0.29) is 6.61 Å². The van der Waals surface area contributed by atoms with Crippen LogP contribution in [0, 0.1) is 3.57 Å². The Bertz CT molecular complexity index is 410. The molecule has 0 aliphatic heterocycles. The second-order valence-corrected chi connectivity index (χ2v) is 3.57. The van der Waals surface area contributed by atoms with Crippen LogP contribution in [0.25, 0.3) is 11.0 Å². The molecular formula is C8H7IN2O. The topological polar surface area (TPSA) is 48.9 Å². The van der Waals surface area contributed by atoms with E-state index < -0.39 is 0 Å². The lowest BCUT2D eigenvalue weighted by Gasteiger charge is -1.99. The Balaban J connectivity index is 2.78. The van der Waals surface area contributed by atoms with Crippen LogP contribution < -0.4 is 0 Å². The van der Waals surface area contributed by atoms with E-state index in [0.717, 1.165) is 20.2 Å². The van der Waals surface area contributed by atoms with Crippen LogP contribution in [0.1, 0.15) is 5.56 Å². The molecule has 4 heteroatoms. The molecule has 1 aromatic heterocycles. The molecule has 2 rings (SSSR count). The summed E-state index contributed by atoms with van der Waals surface area (Å²) in [6.07, 6.45) is 1.66. The van der Waals surface area contributed by atoms with Gasteiger partial charge in [-0.25, -0.2) is 4.98 Å². The third-order valence-electron chi connectivity index (χ3n) is 1.78. The quantitative estimate of drug-likeness (QED) is 0.777. The highest BCUT2D eigenvalue weighted by atomic mass is 127. The first-order valence-electron chi connectivity index (χ1n) is 3.54. The van der Waals surface area contributed by atoms with Crippen molar-refractivity contribution in [3.05, 3.63) is 27.6 Å². The number of aliphatic hydroxyl groups is 1. The van der Waals surface area contributed by atoms with Gasteiger partial charge in [-0.2, -0.15) is 0 Å². The molecule has 12 heavy (non-hydrogen) atoms. The minimum absolute atomic E-state index is 0.0705. The van der Waals surface area contributed by atoms with E-state index >= 15 is 0 Å². The summed E-state index contributed by atoms with van der Waals surface area (Å²) in [5, 5.41) is 8.97. The summed E-state index contributed by atoms with van der Waals surface area (Å²) in [6, 6.07) is 3.83. The lowest BCUT2D eigenvalue weighted by atomic mass is 10.2. The Labute approximate surface area is 83.0 Å². The SMILES string of the molecule is OCc1ccc2[nH]cnc2c1I. The number of fused-ring (bicyclic) bond motifs is 1. The Morgan fingerprint density at radius 2 is 2.33 bits per heavy atom. The van der Waals surface area contributed by atoms with Gasteiger partial charge < -0.3 is 10.1 Å². The number of aromatic amines is 1. The van der Waals surface area contributed by atoms with Gasteiger partial charge in [0.05, 0.1) is 18.5 Å². The molecule has 1 aromatic carbocycles. The summed E-state index contributed by atoms with van der Waals surface area (Å²) < 4.78 is 1.02. The second kappa shape index (κ2) is 3.02. The van der Waals surface area contributed by atoms with Gasteiger partial charge in [0.15, 0.2) is 0 Å². The van der Waals surface area contributed by atoms with Gasteiger partial charge in [-0.1, -0.05) is 6.07 Å². The monoisotopic (exact) mass is 274 g/mol. The maximum Gasteiger partial charge on any atom is 0.102 e. The predicted molar refractivity (Wildman–Crippen MR) is 54.7 cm³/mol. The van der Waals surface area contributed by atoms with Crippen molar-refractivity contribution in [3.8, 4) is 0 Å². The molecule has 2 aromatic rings. The van der Waals surface area contributed by atoms with Crippen molar-refractivity contribution in [1.82, 2.24) is 9.97 Å². The number of benzene rings is 1. The van der Waals surface area contributed by atoms with Gasteiger partial charge in [-0.05, 0) is 34.2 Å². The summed E-state index contributed by atoms with van der Waals surface area (Å²) >= 11 is 2.19. The Kier molecular flexibility index (Phi) is 2.02. The number of imidazole rings is 1. The molecule has 62 valence electrons. The van der Waals surface area contributed by atoms with E-state index in [4.69, 9.17) is 5.11 Å². The molecule has 2 N–H and O–H groups in total. The molecule has 0 fully saturated rings. The summed E-state index contributed by atoms with van der Waals surface area (Å²) in [5.41, 5.74) is 2.87. The largest absolute Gasteiger partial charge is 0.392 e. The molecule has 0 bridgehead atoms. The molecule has 0 aliphatic carbocycles. The molecule has 0 saturated carbocycles. The van der Waals surface area contributed by atoms with E-state index in [9.17, 15) is 0 Å². The molecular weight excluding hydrogens is 267 g/mol. The van der Waals surface area contributed by atoms with Crippen LogP contribution in [0.15, 0.2) is 18.5 Å². The average Bonchev–Trinajstić information content (AvgIpc) is 2.53. The highest BCUT2D eigenvalue weighted by Gasteiger charge is 2.04. The maximum absolute atomic E-state index is 8.97. The summed E-state index contributed by atoms with van der Waals surface area (Å²) in [6.45, 7) is 0.0705. The molecule has 0 aliphatic rings. The van der Waals surface area contributed by atoms with Gasteiger partial charge in [-0.15, -0.1) is 0 Å². The van der Waals surface area contributed by atoms with Crippen LogP contribution >= 0.6 is 22.6 Å². The van der Waals surface area contributed by atoms with Crippen LogP contribution in [0.5, 0.6) is 0 Å². The Hall–Kier alpha value is -0.620. The van der Waals surface area contributed by atoms with Gasteiger partial charge in [0.25, 0.3) is 0 Å². The van der Waals surface area contributed by atoms with Crippen molar-refractivity contribution >= 4 is 33.6 Å². The summed E-state index contributed by atoms with van der Waals surface area (Å²) in [7, 11) is 0. The van der Waals surface area contributed by atoms with Crippen LogP contribution in [-0.4, -0.2) is 15.1 Å². The van der Waals surface area contributed by atoms with Crippen molar-refractivity contribution in [1.29, 1.82) is 0 Å². The van der Waals surface area contributed by atoms with E-state index in [1.165, 1.54) is 0 Å². The number of halogens is 1. The van der Waals surface area contributed by atoms with Crippen molar-refractivity contribution in [2.45, 2.75) is 6.61 Å². The fourth-order valence-corrected chi connectivity index (χ4v) is 1.92. The van der Waals surface area contributed by atoms with Gasteiger partial charge in [-0.3, -0.25) is 0 Å². The number of aliphatic hydroxyl groups excluding tert-OH is 1.